The first-order chi connectivity index (χ1) is 11.3. The van der Waals surface area contributed by atoms with Gasteiger partial charge in [-0.1, -0.05) is 5.21 Å². The number of nitrogens with zero attached hydrogens (tertiary/aromatic N) is 6. The number of nitro benzene ring substituents is 1. The average molecular weight is 332 g/mol. The van der Waals surface area contributed by atoms with Crippen LogP contribution in [0.4, 0.5) is 11.4 Å². The van der Waals surface area contributed by atoms with Crippen molar-refractivity contribution in [2.24, 2.45) is 0 Å². The second-order valence-electron chi connectivity index (χ2n) is 5.23. The van der Waals surface area contributed by atoms with Gasteiger partial charge in [-0.05, 0) is 12.1 Å². The maximum absolute atomic E-state index is 12.4. The summed E-state index contributed by atoms with van der Waals surface area (Å²) >= 11 is 0. The van der Waals surface area contributed by atoms with Crippen LogP contribution in [-0.4, -0.2) is 57.8 Å². The Balaban J connectivity index is 2.12. The number of non-ortho nitro benzene ring substituents is 1. The molecule has 0 spiro atoms. The van der Waals surface area contributed by atoms with Gasteiger partial charge in [0.1, 0.15) is 6.54 Å². The van der Waals surface area contributed by atoms with Gasteiger partial charge < -0.3 is 9.80 Å². The molecule has 0 aliphatic heterocycles. The molecule has 24 heavy (non-hydrogen) atoms. The summed E-state index contributed by atoms with van der Waals surface area (Å²) < 4.78 is 1.28. The van der Waals surface area contributed by atoms with Gasteiger partial charge in [0, 0.05) is 39.0 Å². The van der Waals surface area contributed by atoms with Crippen LogP contribution in [0.3, 0.4) is 0 Å². The molecule has 0 aliphatic rings. The number of hydrogen-bond donors (Lipinski definition) is 0. The number of benzene rings is 1. The van der Waals surface area contributed by atoms with Crippen LogP contribution in [0.1, 0.15) is 10.5 Å². The summed E-state index contributed by atoms with van der Waals surface area (Å²) in [6.07, 6.45) is 1.38. The van der Waals surface area contributed by atoms with E-state index in [1.54, 1.807) is 14.1 Å². The maximum atomic E-state index is 12.4. The van der Waals surface area contributed by atoms with Crippen molar-refractivity contribution >= 4 is 23.2 Å². The molecule has 126 valence electrons. The standard InChI is InChI=1S/C14H16N6O4/c1-17(2)13(21)9-19-8-12(15-16-19)14(22)18(3)10-4-6-11(7-5-10)20(23)24/h4-8H,9H2,1-3H3. The fourth-order valence-electron chi connectivity index (χ4n) is 1.84. The van der Waals surface area contributed by atoms with Crippen LogP contribution in [-0.2, 0) is 11.3 Å². The van der Waals surface area contributed by atoms with Gasteiger partial charge >= 0.3 is 0 Å². The highest BCUT2D eigenvalue weighted by atomic mass is 16.6. The van der Waals surface area contributed by atoms with Gasteiger partial charge in [-0.25, -0.2) is 4.68 Å². The monoisotopic (exact) mass is 332 g/mol. The lowest BCUT2D eigenvalue weighted by Crippen LogP contribution is -2.27. The minimum Gasteiger partial charge on any atom is -0.347 e. The van der Waals surface area contributed by atoms with Crippen LogP contribution < -0.4 is 4.90 Å². The lowest BCUT2D eigenvalue weighted by atomic mass is 10.2. The minimum atomic E-state index is -0.515. The Morgan fingerprint density at radius 3 is 2.38 bits per heavy atom. The molecule has 0 bridgehead atoms. The number of likely N-dealkylation sites (N-methyl/N-ethyl adjacent to an activating group) is 1. The highest BCUT2D eigenvalue weighted by Gasteiger charge is 2.19. The second kappa shape index (κ2) is 6.86. The smallest absolute Gasteiger partial charge is 0.280 e. The molecule has 10 heteroatoms. The maximum Gasteiger partial charge on any atom is 0.280 e. The van der Waals surface area contributed by atoms with Crippen LogP contribution in [0.15, 0.2) is 30.5 Å². The van der Waals surface area contributed by atoms with E-state index in [0.717, 1.165) is 0 Å². The zero-order valence-electron chi connectivity index (χ0n) is 13.4. The van der Waals surface area contributed by atoms with Gasteiger partial charge in [0.25, 0.3) is 11.6 Å². The Labute approximate surface area is 137 Å². The van der Waals surface area contributed by atoms with Crippen molar-refractivity contribution < 1.29 is 14.5 Å². The highest BCUT2D eigenvalue weighted by Crippen LogP contribution is 2.19. The number of rotatable bonds is 5. The molecule has 1 heterocycles. The SMILES string of the molecule is CN(C)C(=O)Cn1cc(C(=O)N(C)c2ccc([N+](=O)[O-])cc2)nn1. The summed E-state index contributed by atoms with van der Waals surface area (Å²) in [5.41, 5.74) is 0.486. The Morgan fingerprint density at radius 1 is 1.21 bits per heavy atom. The zero-order valence-corrected chi connectivity index (χ0v) is 13.4. The van der Waals surface area contributed by atoms with Crippen LogP contribution in [0.25, 0.3) is 0 Å². The molecular formula is C14H16N6O4. The molecule has 0 N–H and O–H groups in total. The van der Waals surface area contributed by atoms with Gasteiger partial charge in [-0.15, -0.1) is 5.10 Å². The molecule has 0 saturated carbocycles. The topological polar surface area (TPSA) is 114 Å². The first-order valence-corrected chi connectivity index (χ1v) is 6.92. The third-order valence-corrected chi connectivity index (χ3v) is 3.31. The van der Waals surface area contributed by atoms with E-state index in [0.29, 0.717) is 5.69 Å². The molecule has 0 fully saturated rings. The highest BCUT2D eigenvalue weighted by molar-refractivity contribution is 6.04. The lowest BCUT2D eigenvalue weighted by molar-refractivity contribution is -0.384. The number of carbonyl (C=O) groups is 2. The van der Waals surface area contributed by atoms with Crippen LogP contribution in [0.2, 0.25) is 0 Å². The minimum absolute atomic E-state index is 0.0193. The van der Waals surface area contributed by atoms with E-state index < -0.39 is 10.8 Å². The third-order valence-electron chi connectivity index (χ3n) is 3.31. The number of hydrogen-bond acceptors (Lipinski definition) is 6. The first-order valence-electron chi connectivity index (χ1n) is 6.92. The Kier molecular flexibility index (Phi) is 4.87. The van der Waals surface area contributed by atoms with E-state index in [-0.39, 0.29) is 23.8 Å². The summed E-state index contributed by atoms with van der Waals surface area (Å²) in [6, 6.07) is 5.56. The summed E-state index contributed by atoms with van der Waals surface area (Å²) in [7, 11) is 4.76. The quantitative estimate of drug-likeness (QED) is 0.583. The van der Waals surface area contributed by atoms with E-state index in [1.165, 1.54) is 52.0 Å². The lowest BCUT2D eigenvalue weighted by Gasteiger charge is -2.15. The van der Waals surface area contributed by atoms with E-state index in [9.17, 15) is 19.7 Å². The molecular weight excluding hydrogens is 316 g/mol. The fraction of sp³-hybridized carbons (Fsp3) is 0.286. The number of nitro groups is 1. The molecule has 0 unspecified atom stereocenters. The first kappa shape index (κ1) is 17.1. The van der Waals surface area contributed by atoms with Gasteiger partial charge in [-0.2, -0.15) is 0 Å². The largest absolute Gasteiger partial charge is 0.347 e. The van der Waals surface area contributed by atoms with Gasteiger partial charge in [0.15, 0.2) is 5.69 Å². The van der Waals surface area contributed by atoms with Crippen molar-refractivity contribution in [2.45, 2.75) is 6.54 Å². The summed E-state index contributed by atoms with van der Waals surface area (Å²) in [5.74, 6) is -0.616. The van der Waals surface area contributed by atoms with Gasteiger partial charge in [-0.3, -0.25) is 19.7 Å². The molecule has 10 nitrogen and oxygen atoms in total. The molecule has 0 saturated heterocycles. The fourth-order valence-corrected chi connectivity index (χ4v) is 1.84. The van der Waals surface area contributed by atoms with Crippen molar-refractivity contribution in [3.63, 3.8) is 0 Å². The Bertz CT molecular complexity index is 768. The molecule has 0 atom stereocenters. The Hall–Kier alpha value is -3.30. The van der Waals surface area contributed by atoms with Crippen molar-refractivity contribution in [1.29, 1.82) is 0 Å². The molecule has 1 aromatic heterocycles. The number of aromatic nitrogens is 3. The van der Waals surface area contributed by atoms with Crippen LogP contribution >= 0.6 is 0 Å². The van der Waals surface area contributed by atoms with Crippen molar-refractivity contribution in [2.75, 3.05) is 26.0 Å². The molecule has 2 amide bonds. The van der Waals surface area contributed by atoms with E-state index >= 15 is 0 Å². The molecule has 2 aromatic rings. The summed E-state index contributed by atoms with van der Waals surface area (Å²) in [4.78, 5) is 36.8. The Morgan fingerprint density at radius 2 is 1.83 bits per heavy atom. The van der Waals surface area contributed by atoms with Gasteiger partial charge in [0.05, 0.1) is 11.1 Å². The normalized spacial score (nSPS) is 10.3. The van der Waals surface area contributed by atoms with E-state index in [2.05, 4.69) is 10.3 Å². The van der Waals surface area contributed by atoms with Crippen molar-refractivity contribution in [3.8, 4) is 0 Å². The van der Waals surface area contributed by atoms with E-state index in [4.69, 9.17) is 0 Å². The molecule has 2 rings (SSSR count). The van der Waals surface area contributed by atoms with Gasteiger partial charge in [0.2, 0.25) is 5.91 Å². The molecule has 0 aliphatic carbocycles. The molecule has 0 radical (unpaired) electrons. The van der Waals surface area contributed by atoms with Crippen LogP contribution in [0, 0.1) is 10.1 Å². The van der Waals surface area contributed by atoms with Crippen molar-refractivity contribution in [3.05, 3.63) is 46.3 Å². The van der Waals surface area contributed by atoms with Crippen molar-refractivity contribution in [1.82, 2.24) is 19.9 Å². The number of anilines is 1. The predicted octanol–water partition coefficient (Wildman–Crippen LogP) is 0.551. The average Bonchev–Trinajstić information content (AvgIpc) is 3.01. The molecule has 1 aromatic carbocycles. The predicted molar refractivity (Wildman–Crippen MR) is 84.5 cm³/mol. The number of carbonyl (C=O) groups excluding carboxylic acids is 2. The second-order valence-corrected chi connectivity index (χ2v) is 5.23. The number of amides is 2. The summed E-state index contributed by atoms with van der Waals surface area (Å²) in [5, 5.41) is 18.2. The summed E-state index contributed by atoms with van der Waals surface area (Å²) in [6.45, 7) is -0.0193. The third kappa shape index (κ3) is 3.72. The van der Waals surface area contributed by atoms with Crippen LogP contribution in [0.5, 0.6) is 0 Å². The zero-order chi connectivity index (χ0) is 17.9. The van der Waals surface area contributed by atoms with E-state index in [1.807, 2.05) is 0 Å².